The molecule has 3 aromatic carbocycles. The van der Waals surface area contributed by atoms with Crippen LogP contribution in [0, 0.1) is 6.92 Å². The first-order valence-corrected chi connectivity index (χ1v) is 12.0. The van der Waals surface area contributed by atoms with Crippen LogP contribution in [-0.2, 0) is 0 Å². The second kappa shape index (κ2) is 9.88. The number of fused-ring (bicyclic) bond motifs is 1. The van der Waals surface area contributed by atoms with E-state index in [2.05, 4.69) is 66.4 Å². The Balaban J connectivity index is 1.41. The maximum absolute atomic E-state index is 6.24. The van der Waals surface area contributed by atoms with Crippen molar-refractivity contribution in [3.05, 3.63) is 89.0 Å². The standard InChI is InChI=1S/C29H33NO3/c1-21-6-5-7-23(18-21)27-20-33-28-19-25(31-2)12-13-26(28)29(27)22-8-10-24(11-9-22)32-17-16-30-14-3-4-15-30/h5-13,18-19,27,29H,3-4,14-17,20H2,1-2H3/t27-,29-/m1/s1. The minimum atomic E-state index is 0.208. The molecular formula is C29H33NO3. The van der Waals surface area contributed by atoms with Crippen LogP contribution in [0.5, 0.6) is 17.2 Å². The fourth-order valence-electron chi connectivity index (χ4n) is 5.19. The molecule has 5 rings (SSSR count). The van der Waals surface area contributed by atoms with Gasteiger partial charge in [-0.3, -0.25) is 4.90 Å². The summed E-state index contributed by atoms with van der Waals surface area (Å²) in [5.74, 6) is 3.12. The van der Waals surface area contributed by atoms with Gasteiger partial charge in [-0.2, -0.15) is 0 Å². The topological polar surface area (TPSA) is 30.9 Å². The van der Waals surface area contributed by atoms with Crippen LogP contribution in [-0.4, -0.2) is 44.9 Å². The van der Waals surface area contributed by atoms with Gasteiger partial charge in [0, 0.05) is 30.0 Å². The lowest BCUT2D eigenvalue weighted by Gasteiger charge is -2.35. The van der Waals surface area contributed by atoms with E-state index in [1.165, 1.54) is 48.2 Å². The van der Waals surface area contributed by atoms with Crippen LogP contribution in [0.3, 0.4) is 0 Å². The summed E-state index contributed by atoms with van der Waals surface area (Å²) in [7, 11) is 1.69. The third-order valence-corrected chi connectivity index (χ3v) is 6.96. The van der Waals surface area contributed by atoms with Gasteiger partial charge in [0.1, 0.15) is 23.9 Å². The zero-order valence-electron chi connectivity index (χ0n) is 19.6. The highest BCUT2D eigenvalue weighted by Crippen LogP contribution is 2.47. The highest BCUT2D eigenvalue weighted by molar-refractivity contribution is 5.51. The van der Waals surface area contributed by atoms with E-state index < -0.39 is 0 Å². The molecule has 0 aliphatic carbocycles. The van der Waals surface area contributed by atoms with E-state index >= 15 is 0 Å². The van der Waals surface area contributed by atoms with Gasteiger partial charge < -0.3 is 14.2 Å². The van der Waals surface area contributed by atoms with Crippen molar-refractivity contribution in [2.45, 2.75) is 31.6 Å². The molecule has 2 aliphatic rings. The Morgan fingerprint density at radius 3 is 2.45 bits per heavy atom. The second-order valence-electron chi connectivity index (χ2n) is 9.18. The van der Waals surface area contributed by atoms with Gasteiger partial charge in [-0.05, 0) is 62.2 Å². The van der Waals surface area contributed by atoms with Crippen molar-refractivity contribution in [1.29, 1.82) is 0 Å². The van der Waals surface area contributed by atoms with E-state index in [4.69, 9.17) is 14.2 Å². The average molecular weight is 444 g/mol. The van der Waals surface area contributed by atoms with Crippen molar-refractivity contribution in [3.8, 4) is 17.2 Å². The summed E-state index contributed by atoms with van der Waals surface area (Å²) >= 11 is 0. The minimum Gasteiger partial charge on any atom is -0.497 e. The fraction of sp³-hybridized carbons (Fsp3) is 0.379. The number of rotatable bonds is 7. The van der Waals surface area contributed by atoms with Crippen molar-refractivity contribution in [3.63, 3.8) is 0 Å². The molecule has 1 fully saturated rings. The predicted molar refractivity (Wildman–Crippen MR) is 132 cm³/mol. The molecular weight excluding hydrogens is 410 g/mol. The predicted octanol–water partition coefficient (Wildman–Crippen LogP) is 5.79. The molecule has 0 unspecified atom stereocenters. The van der Waals surface area contributed by atoms with Crippen molar-refractivity contribution in [2.75, 3.05) is 40.0 Å². The summed E-state index contributed by atoms with van der Waals surface area (Å²) in [6.07, 6.45) is 2.63. The molecule has 0 aromatic heterocycles. The van der Waals surface area contributed by atoms with E-state index in [-0.39, 0.29) is 11.8 Å². The van der Waals surface area contributed by atoms with E-state index in [1.807, 2.05) is 12.1 Å². The number of methoxy groups -OCH3 is 1. The Bertz CT molecular complexity index is 1070. The smallest absolute Gasteiger partial charge is 0.126 e. The molecule has 2 atom stereocenters. The van der Waals surface area contributed by atoms with Gasteiger partial charge in [-0.25, -0.2) is 0 Å². The summed E-state index contributed by atoms with van der Waals surface area (Å²) < 4.78 is 17.7. The summed E-state index contributed by atoms with van der Waals surface area (Å²) in [5, 5.41) is 0. The summed E-state index contributed by atoms with van der Waals surface area (Å²) in [5.41, 5.74) is 5.07. The van der Waals surface area contributed by atoms with Crippen LogP contribution in [0.4, 0.5) is 0 Å². The third kappa shape index (κ3) is 4.86. The van der Waals surface area contributed by atoms with Crippen molar-refractivity contribution < 1.29 is 14.2 Å². The molecule has 0 spiro atoms. The molecule has 0 saturated carbocycles. The molecule has 2 heterocycles. The summed E-state index contributed by atoms with van der Waals surface area (Å²) in [6, 6.07) is 23.7. The Kier molecular flexibility index (Phi) is 6.54. The van der Waals surface area contributed by atoms with Crippen LogP contribution in [0.25, 0.3) is 0 Å². The molecule has 0 bridgehead atoms. The molecule has 0 radical (unpaired) electrons. The van der Waals surface area contributed by atoms with Gasteiger partial charge >= 0.3 is 0 Å². The second-order valence-corrected chi connectivity index (χ2v) is 9.18. The first-order valence-electron chi connectivity index (χ1n) is 12.0. The number of ether oxygens (including phenoxy) is 3. The number of nitrogens with zero attached hydrogens (tertiary/aromatic N) is 1. The maximum atomic E-state index is 6.24. The molecule has 33 heavy (non-hydrogen) atoms. The highest BCUT2D eigenvalue weighted by Gasteiger charge is 2.33. The van der Waals surface area contributed by atoms with E-state index in [9.17, 15) is 0 Å². The van der Waals surface area contributed by atoms with Crippen molar-refractivity contribution in [1.82, 2.24) is 4.90 Å². The van der Waals surface area contributed by atoms with Gasteiger partial charge in [0.2, 0.25) is 0 Å². The Morgan fingerprint density at radius 2 is 1.70 bits per heavy atom. The largest absolute Gasteiger partial charge is 0.497 e. The monoisotopic (exact) mass is 443 g/mol. The SMILES string of the molecule is COc1ccc2c(c1)OC[C@H](c1cccc(C)c1)[C@@H]2c1ccc(OCCN2CCCC2)cc1. The number of hydrogen-bond donors (Lipinski definition) is 0. The zero-order chi connectivity index (χ0) is 22.6. The third-order valence-electron chi connectivity index (χ3n) is 6.96. The van der Waals surface area contributed by atoms with Crippen LogP contribution in [0.15, 0.2) is 66.7 Å². The molecule has 2 aliphatic heterocycles. The number of hydrogen-bond acceptors (Lipinski definition) is 4. The van der Waals surface area contributed by atoms with Gasteiger partial charge in [0.15, 0.2) is 0 Å². The first-order chi connectivity index (χ1) is 16.2. The van der Waals surface area contributed by atoms with Gasteiger partial charge in [0.05, 0.1) is 13.7 Å². The van der Waals surface area contributed by atoms with Crippen molar-refractivity contribution >= 4 is 0 Å². The Hall–Kier alpha value is -2.98. The minimum absolute atomic E-state index is 0.208. The molecule has 3 aromatic rings. The highest BCUT2D eigenvalue weighted by atomic mass is 16.5. The van der Waals surface area contributed by atoms with Crippen LogP contribution in [0.2, 0.25) is 0 Å². The average Bonchev–Trinajstić information content (AvgIpc) is 3.37. The number of aryl methyl sites for hydroxylation is 1. The van der Waals surface area contributed by atoms with Crippen LogP contribution in [0.1, 0.15) is 46.9 Å². The van der Waals surface area contributed by atoms with Crippen molar-refractivity contribution in [2.24, 2.45) is 0 Å². The molecule has 4 nitrogen and oxygen atoms in total. The zero-order valence-corrected chi connectivity index (χ0v) is 19.6. The van der Waals surface area contributed by atoms with E-state index in [0.717, 1.165) is 30.4 Å². The van der Waals surface area contributed by atoms with Gasteiger partial charge in [0.25, 0.3) is 0 Å². The van der Waals surface area contributed by atoms with Crippen LogP contribution < -0.4 is 14.2 Å². The van der Waals surface area contributed by atoms with Crippen LogP contribution >= 0.6 is 0 Å². The molecule has 172 valence electrons. The lowest BCUT2D eigenvalue weighted by Crippen LogP contribution is -2.25. The lowest BCUT2D eigenvalue weighted by molar-refractivity contribution is 0.237. The molecule has 0 N–H and O–H groups in total. The normalized spacial score (nSPS) is 20.2. The number of benzene rings is 3. The summed E-state index contributed by atoms with van der Waals surface area (Å²) in [4.78, 5) is 2.48. The first kappa shape index (κ1) is 21.8. The molecule has 0 amide bonds. The van der Waals surface area contributed by atoms with E-state index in [1.54, 1.807) is 7.11 Å². The fourth-order valence-corrected chi connectivity index (χ4v) is 5.19. The van der Waals surface area contributed by atoms with Gasteiger partial charge in [-0.1, -0.05) is 48.0 Å². The Labute approximate surface area is 197 Å². The lowest BCUT2D eigenvalue weighted by atomic mass is 9.75. The molecule has 1 saturated heterocycles. The summed E-state index contributed by atoms with van der Waals surface area (Å²) in [6.45, 7) is 6.95. The quantitative estimate of drug-likeness (QED) is 0.463. The van der Waals surface area contributed by atoms with Gasteiger partial charge in [-0.15, -0.1) is 0 Å². The Morgan fingerprint density at radius 1 is 0.909 bits per heavy atom. The maximum Gasteiger partial charge on any atom is 0.126 e. The number of likely N-dealkylation sites (tertiary alicyclic amines) is 1. The van der Waals surface area contributed by atoms with E-state index in [0.29, 0.717) is 6.61 Å². The molecule has 4 heteroatoms.